The molecule has 0 aliphatic heterocycles. The van der Waals surface area contributed by atoms with Crippen LogP contribution in [0.5, 0.6) is 0 Å². The molecule has 0 aliphatic rings. The van der Waals surface area contributed by atoms with Gasteiger partial charge in [0.05, 0.1) is 12.2 Å². The molecule has 114 valence electrons. The standard InChI is InChI=1S/C17H22FNO2/c1-4-13(2)12-19(3)17(21)16-9-8-15(18)11-14(16)7-5-6-10-20/h8-9,11,13,20H,4,6,10,12H2,1-3H3. The first-order chi connectivity index (χ1) is 9.99. The van der Waals surface area contributed by atoms with Gasteiger partial charge < -0.3 is 10.0 Å². The quantitative estimate of drug-likeness (QED) is 0.847. The van der Waals surface area contributed by atoms with Crippen LogP contribution in [0.4, 0.5) is 4.39 Å². The maximum Gasteiger partial charge on any atom is 0.254 e. The van der Waals surface area contributed by atoms with Crippen molar-refractivity contribution >= 4 is 5.91 Å². The van der Waals surface area contributed by atoms with Gasteiger partial charge in [-0.15, -0.1) is 0 Å². The highest BCUT2D eigenvalue weighted by molar-refractivity contribution is 5.96. The summed E-state index contributed by atoms with van der Waals surface area (Å²) < 4.78 is 13.3. The first-order valence-corrected chi connectivity index (χ1v) is 7.14. The lowest BCUT2D eigenvalue weighted by molar-refractivity contribution is 0.0774. The van der Waals surface area contributed by atoms with Crippen LogP contribution in [-0.2, 0) is 0 Å². The number of halogens is 1. The van der Waals surface area contributed by atoms with Crippen molar-refractivity contribution in [1.82, 2.24) is 4.90 Å². The average Bonchev–Trinajstić information content (AvgIpc) is 2.46. The van der Waals surface area contributed by atoms with E-state index in [4.69, 9.17) is 5.11 Å². The Morgan fingerprint density at radius 1 is 1.48 bits per heavy atom. The number of carbonyl (C=O) groups excluding carboxylic acids is 1. The maximum absolute atomic E-state index is 13.3. The monoisotopic (exact) mass is 291 g/mol. The zero-order valence-corrected chi connectivity index (χ0v) is 12.8. The fourth-order valence-electron chi connectivity index (χ4n) is 1.91. The lowest BCUT2D eigenvalue weighted by atomic mass is 10.0. The summed E-state index contributed by atoms with van der Waals surface area (Å²) in [7, 11) is 1.74. The highest BCUT2D eigenvalue weighted by atomic mass is 19.1. The molecule has 0 bridgehead atoms. The van der Waals surface area contributed by atoms with Crippen LogP contribution in [0.15, 0.2) is 18.2 Å². The molecule has 1 aromatic rings. The van der Waals surface area contributed by atoms with E-state index in [1.165, 1.54) is 18.2 Å². The van der Waals surface area contributed by atoms with Gasteiger partial charge in [0.15, 0.2) is 0 Å². The molecule has 1 atom stereocenters. The van der Waals surface area contributed by atoms with Crippen molar-refractivity contribution in [3.8, 4) is 11.8 Å². The van der Waals surface area contributed by atoms with E-state index in [1.54, 1.807) is 11.9 Å². The number of aliphatic hydroxyl groups is 1. The van der Waals surface area contributed by atoms with Crippen molar-refractivity contribution in [2.75, 3.05) is 20.2 Å². The molecule has 1 N–H and O–H groups in total. The summed E-state index contributed by atoms with van der Waals surface area (Å²) in [6.07, 6.45) is 1.29. The third kappa shape index (κ3) is 5.20. The molecular formula is C17H22FNO2. The third-order valence-electron chi connectivity index (χ3n) is 3.30. The van der Waals surface area contributed by atoms with Crippen molar-refractivity contribution in [1.29, 1.82) is 0 Å². The van der Waals surface area contributed by atoms with Gasteiger partial charge in [-0.1, -0.05) is 32.1 Å². The highest BCUT2D eigenvalue weighted by Crippen LogP contribution is 2.14. The molecule has 3 nitrogen and oxygen atoms in total. The first kappa shape index (κ1) is 17.2. The maximum atomic E-state index is 13.3. The third-order valence-corrected chi connectivity index (χ3v) is 3.30. The van der Waals surface area contributed by atoms with Gasteiger partial charge >= 0.3 is 0 Å². The second-order valence-electron chi connectivity index (χ2n) is 5.16. The Bertz CT molecular complexity index is 545. The number of carbonyl (C=O) groups is 1. The number of nitrogens with zero attached hydrogens (tertiary/aromatic N) is 1. The molecule has 0 radical (unpaired) electrons. The zero-order chi connectivity index (χ0) is 15.8. The molecular weight excluding hydrogens is 269 g/mol. The topological polar surface area (TPSA) is 40.5 Å². The number of hydrogen-bond donors (Lipinski definition) is 1. The Kier molecular flexibility index (Phi) is 6.90. The summed E-state index contributed by atoms with van der Waals surface area (Å²) in [5.41, 5.74) is 0.761. The molecule has 0 heterocycles. The van der Waals surface area contributed by atoms with E-state index in [-0.39, 0.29) is 12.5 Å². The highest BCUT2D eigenvalue weighted by Gasteiger charge is 2.17. The van der Waals surface area contributed by atoms with Crippen LogP contribution < -0.4 is 0 Å². The molecule has 1 aromatic carbocycles. The van der Waals surface area contributed by atoms with Crippen LogP contribution >= 0.6 is 0 Å². The summed E-state index contributed by atoms with van der Waals surface area (Å²) in [4.78, 5) is 14.1. The van der Waals surface area contributed by atoms with Crippen molar-refractivity contribution in [3.05, 3.63) is 35.1 Å². The van der Waals surface area contributed by atoms with Crippen molar-refractivity contribution in [2.45, 2.75) is 26.7 Å². The van der Waals surface area contributed by atoms with Gasteiger partial charge in [-0.3, -0.25) is 4.79 Å². The molecule has 1 unspecified atom stereocenters. The Morgan fingerprint density at radius 2 is 2.19 bits per heavy atom. The van der Waals surface area contributed by atoms with Gasteiger partial charge in [0.2, 0.25) is 0 Å². The summed E-state index contributed by atoms with van der Waals surface area (Å²) >= 11 is 0. The molecule has 4 heteroatoms. The van der Waals surface area contributed by atoms with Gasteiger partial charge in [0, 0.05) is 25.6 Å². The lowest BCUT2D eigenvalue weighted by Gasteiger charge is -2.21. The SMILES string of the molecule is CCC(C)CN(C)C(=O)c1ccc(F)cc1C#CCCO. The summed E-state index contributed by atoms with van der Waals surface area (Å²) in [5.74, 6) is 5.30. The van der Waals surface area contributed by atoms with Crippen molar-refractivity contribution in [2.24, 2.45) is 5.92 Å². The summed E-state index contributed by atoms with van der Waals surface area (Å²) in [6, 6.07) is 3.99. The largest absolute Gasteiger partial charge is 0.395 e. The minimum absolute atomic E-state index is 0.0560. The van der Waals surface area contributed by atoms with Crippen LogP contribution in [-0.4, -0.2) is 36.1 Å². The molecule has 0 fully saturated rings. The van der Waals surface area contributed by atoms with E-state index in [0.29, 0.717) is 30.0 Å². The van der Waals surface area contributed by atoms with E-state index >= 15 is 0 Å². The molecule has 0 aromatic heterocycles. The predicted octanol–water partition coefficient (Wildman–Crippen LogP) is 2.68. The van der Waals surface area contributed by atoms with E-state index < -0.39 is 5.82 Å². The molecule has 1 rings (SSSR count). The number of aliphatic hydroxyl groups excluding tert-OH is 1. The fourth-order valence-corrected chi connectivity index (χ4v) is 1.91. The summed E-state index contributed by atoms with van der Waals surface area (Å²) in [5, 5.41) is 8.74. The van der Waals surface area contributed by atoms with Crippen LogP contribution in [0.3, 0.4) is 0 Å². The molecule has 0 aliphatic carbocycles. The van der Waals surface area contributed by atoms with Crippen molar-refractivity contribution < 1.29 is 14.3 Å². The Labute approximate surface area is 125 Å². The van der Waals surface area contributed by atoms with Crippen LogP contribution in [0.25, 0.3) is 0 Å². The van der Waals surface area contributed by atoms with E-state index in [2.05, 4.69) is 25.7 Å². The number of benzene rings is 1. The molecule has 0 saturated carbocycles. The second-order valence-corrected chi connectivity index (χ2v) is 5.16. The molecule has 0 spiro atoms. The number of hydrogen-bond acceptors (Lipinski definition) is 2. The molecule has 0 saturated heterocycles. The Morgan fingerprint density at radius 3 is 2.81 bits per heavy atom. The zero-order valence-electron chi connectivity index (χ0n) is 12.8. The van der Waals surface area contributed by atoms with E-state index in [1.807, 2.05) is 0 Å². The fraction of sp³-hybridized carbons (Fsp3) is 0.471. The van der Waals surface area contributed by atoms with Gasteiger partial charge in [0.1, 0.15) is 5.82 Å². The second kappa shape index (κ2) is 8.43. The molecule has 1 amide bonds. The lowest BCUT2D eigenvalue weighted by Crippen LogP contribution is -2.31. The first-order valence-electron chi connectivity index (χ1n) is 7.14. The molecule has 21 heavy (non-hydrogen) atoms. The minimum Gasteiger partial charge on any atom is -0.395 e. The van der Waals surface area contributed by atoms with E-state index in [0.717, 1.165) is 6.42 Å². The van der Waals surface area contributed by atoms with Crippen LogP contribution in [0.2, 0.25) is 0 Å². The number of amides is 1. The smallest absolute Gasteiger partial charge is 0.254 e. The normalized spacial score (nSPS) is 11.5. The van der Waals surface area contributed by atoms with E-state index in [9.17, 15) is 9.18 Å². The van der Waals surface area contributed by atoms with Gasteiger partial charge in [-0.2, -0.15) is 0 Å². The Hall–Kier alpha value is -1.86. The van der Waals surface area contributed by atoms with Gasteiger partial charge in [0.25, 0.3) is 5.91 Å². The van der Waals surface area contributed by atoms with Gasteiger partial charge in [-0.25, -0.2) is 4.39 Å². The predicted molar refractivity (Wildman–Crippen MR) is 81.4 cm³/mol. The number of rotatable bonds is 5. The average molecular weight is 291 g/mol. The van der Waals surface area contributed by atoms with Crippen LogP contribution in [0, 0.1) is 23.6 Å². The van der Waals surface area contributed by atoms with Crippen molar-refractivity contribution in [3.63, 3.8) is 0 Å². The Balaban J connectivity index is 3.01. The minimum atomic E-state index is -0.426. The van der Waals surface area contributed by atoms with Crippen LogP contribution in [0.1, 0.15) is 42.6 Å². The van der Waals surface area contributed by atoms with Gasteiger partial charge in [-0.05, 0) is 24.1 Å². The summed E-state index contributed by atoms with van der Waals surface area (Å²) in [6.45, 7) is 4.75.